The molecule has 228 valence electrons. The number of carbonyl (C=O) groups excluding carboxylic acids is 1. The molecule has 2 N–H and O–H groups in total. The first kappa shape index (κ1) is 29.8. The first-order chi connectivity index (χ1) is 21.0. The fourth-order valence-electron chi connectivity index (χ4n) is 7.74. The number of pyridine rings is 1. The Bertz CT molecular complexity index is 1410. The summed E-state index contributed by atoms with van der Waals surface area (Å²) in [5.74, 6) is -0.381. The number of carboxylic acids is 1. The maximum Gasteiger partial charge on any atom is 0.307 e. The smallest absolute Gasteiger partial charge is 0.307 e. The Morgan fingerprint density at radius 2 is 1.63 bits per heavy atom. The van der Waals surface area contributed by atoms with Crippen molar-refractivity contribution in [3.63, 3.8) is 0 Å². The Labute approximate surface area is 255 Å². The molecular formula is C36H46N4O3. The molecule has 2 aliphatic heterocycles. The molecule has 7 nitrogen and oxygen atoms in total. The minimum Gasteiger partial charge on any atom is -0.481 e. The van der Waals surface area contributed by atoms with E-state index in [2.05, 4.69) is 34.2 Å². The molecule has 1 unspecified atom stereocenters. The number of piperidine rings is 2. The van der Waals surface area contributed by atoms with E-state index in [0.29, 0.717) is 25.0 Å². The van der Waals surface area contributed by atoms with E-state index in [0.717, 1.165) is 78.6 Å². The van der Waals surface area contributed by atoms with Gasteiger partial charge in [-0.3, -0.25) is 19.4 Å². The van der Waals surface area contributed by atoms with E-state index >= 15 is 0 Å². The topological polar surface area (TPSA) is 85.8 Å². The van der Waals surface area contributed by atoms with Crippen LogP contribution in [-0.4, -0.2) is 70.0 Å². The number of para-hydroxylation sites is 1. The highest BCUT2D eigenvalue weighted by Crippen LogP contribution is 2.34. The predicted octanol–water partition coefficient (Wildman–Crippen LogP) is 6.36. The second-order valence-electron chi connectivity index (χ2n) is 13.0. The minimum atomic E-state index is -0.664. The third-order valence-corrected chi connectivity index (χ3v) is 10.2. The van der Waals surface area contributed by atoms with E-state index in [-0.39, 0.29) is 17.9 Å². The monoisotopic (exact) mass is 582 g/mol. The molecule has 2 aromatic carbocycles. The molecule has 1 aliphatic carbocycles. The van der Waals surface area contributed by atoms with Crippen LogP contribution in [0.3, 0.4) is 0 Å². The Kier molecular flexibility index (Phi) is 9.39. The van der Waals surface area contributed by atoms with E-state index in [1.165, 1.54) is 32.1 Å². The third kappa shape index (κ3) is 6.78. The number of aliphatic carboxylic acids is 1. The van der Waals surface area contributed by atoms with E-state index in [1.54, 1.807) is 0 Å². The van der Waals surface area contributed by atoms with Crippen LogP contribution in [0.15, 0.2) is 54.6 Å². The number of benzene rings is 2. The van der Waals surface area contributed by atoms with Crippen LogP contribution in [0.4, 0.5) is 0 Å². The maximum absolute atomic E-state index is 14.3. The van der Waals surface area contributed by atoms with E-state index in [4.69, 9.17) is 4.98 Å². The lowest BCUT2D eigenvalue weighted by Crippen LogP contribution is -2.49. The van der Waals surface area contributed by atoms with Gasteiger partial charge in [-0.15, -0.1) is 0 Å². The van der Waals surface area contributed by atoms with Crippen LogP contribution in [0, 0.1) is 11.8 Å². The number of hydrogen-bond donors (Lipinski definition) is 2. The molecule has 3 fully saturated rings. The number of fused-ring (bicyclic) bond motifs is 1. The molecule has 3 heterocycles. The average molecular weight is 583 g/mol. The lowest BCUT2D eigenvalue weighted by molar-refractivity contribution is -0.144. The molecule has 1 saturated carbocycles. The second kappa shape index (κ2) is 13.6. The molecule has 2 atom stereocenters. The van der Waals surface area contributed by atoms with Crippen molar-refractivity contribution in [2.24, 2.45) is 11.8 Å². The zero-order valence-electron chi connectivity index (χ0n) is 25.5. The van der Waals surface area contributed by atoms with Gasteiger partial charge >= 0.3 is 5.97 Å². The Morgan fingerprint density at radius 1 is 0.907 bits per heavy atom. The molecule has 3 aromatic rings. The molecule has 3 aliphatic rings. The highest BCUT2D eigenvalue weighted by atomic mass is 16.4. The van der Waals surface area contributed by atoms with Gasteiger partial charge in [0.1, 0.15) is 0 Å². The van der Waals surface area contributed by atoms with Crippen LogP contribution >= 0.6 is 0 Å². The van der Waals surface area contributed by atoms with Crippen molar-refractivity contribution in [1.29, 1.82) is 0 Å². The Hall–Kier alpha value is -3.29. The van der Waals surface area contributed by atoms with E-state index < -0.39 is 5.97 Å². The van der Waals surface area contributed by atoms with Gasteiger partial charge < -0.3 is 10.4 Å². The van der Waals surface area contributed by atoms with Gasteiger partial charge in [0.05, 0.1) is 22.7 Å². The molecule has 2 saturated heterocycles. The number of carboxylic acid groups (broad SMARTS) is 1. The molecule has 0 radical (unpaired) electrons. The van der Waals surface area contributed by atoms with Crippen molar-refractivity contribution < 1.29 is 14.7 Å². The van der Waals surface area contributed by atoms with Crippen molar-refractivity contribution in [3.8, 4) is 11.3 Å². The largest absolute Gasteiger partial charge is 0.481 e. The Balaban J connectivity index is 1.29. The minimum absolute atomic E-state index is 0.00627. The Morgan fingerprint density at radius 3 is 2.37 bits per heavy atom. The number of nitrogens with zero attached hydrogens (tertiary/aromatic N) is 3. The third-order valence-electron chi connectivity index (χ3n) is 10.2. The van der Waals surface area contributed by atoms with Crippen molar-refractivity contribution in [2.45, 2.75) is 83.3 Å². The van der Waals surface area contributed by atoms with Gasteiger partial charge in [0.15, 0.2) is 0 Å². The molecular weight excluding hydrogens is 536 g/mol. The first-order valence-electron chi connectivity index (χ1n) is 16.4. The van der Waals surface area contributed by atoms with Gasteiger partial charge in [0, 0.05) is 41.7 Å². The molecule has 0 spiro atoms. The number of likely N-dealkylation sites (tertiary alicyclic amines) is 2. The fraction of sp³-hybridized carbons (Fsp3) is 0.528. The number of amides is 1. The summed E-state index contributed by atoms with van der Waals surface area (Å²) in [7, 11) is 0. The van der Waals surface area contributed by atoms with Crippen LogP contribution in [-0.2, 0) is 11.3 Å². The number of carbonyl (C=O) groups is 2. The highest BCUT2D eigenvalue weighted by molar-refractivity contribution is 6.09. The summed E-state index contributed by atoms with van der Waals surface area (Å²) in [5.41, 5.74) is 4.52. The van der Waals surface area contributed by atoms with Crippen LogP contribution in [0.2, 0.25) is 0 Å². The van der Waals surface area contributed by atoms with Gasteiger partial charge in [-0.1, -0.05) is 67.8 Å². The quantitative estimate of drug-likeness (QED) is 0.321. The second-order valence-corrected chi connectivity index (χ2v) is 13.0. The van der Waals surface area contributed by atoms with Crippen LogP contribution < -0.4 is 5.32 Å². The number of rotatable bonds is 8. The van der Waals surface area contributed by atoms with Crippen molar-refractivity contribution in [3.05, 3.63) is 65.7 Å². The van der Waals surface area contributed by atoms with Gasteiger partial charge in [-0.2, -0.15) is 0 Å². The number of nitrogens with one attached hydrogen (secondary N) is 1. The van der Waals surface area contributed by atoms with Crippen molar-refractivity contribution in [2.75, 3.05) is 26.2 Å². The predicted molar refractivity (Wildman–Crippen MR) is 171 cm³/mol. The highest BCUT2D eigenvalue weighted by Gasteiger charge is 2.33. The average Bonchev–Trinajstić information content (AvgIpc) is 3.05. The molecule has 43 heavy (non-hydrogen) atoms. The summed E-state index contributed by atoms with van der Waals surface area (Å²) < 4.78 is 0. The van der Waals surface area contributed by atoms with Gasteiger partial charge in [-0.25, -0.2) is 4.98 Å². The standard InChI is InChI=1S/C36H46N4O3/c1-25(26-11-4-2-5-12-26)37-35(41)33-30-16-8-9-17-32(30)38-34(27-13-6-3-7-14-27)31(33)24-39-21-18-29(19-22-39)40-20-10-15-28(23-40)36(42)43/h3,6-9,13-14,16-17,25-26,28-29H,2,4-5,10-12,15,18-24H2,1H3,(H,37,41)(H,42,43)/t25-,28?/m0/s1. The number of hydrogen-bond acceptors (Lipinski definition) is 5. The van der Waals surface area contributed by atoms with E-state index in [1.807, 2.05) is 42.5 Å². The lowest BCUT2D eigenvalue weighted by atomic mass is 9.84. The molecule has 1 amide bonds. The summed E-state index contributed by atoms with van der Waals surface area (Å²) in [5, 5.41) is 13.9. The van der Waals surface area contributed by atoms with Crippen LogP contribution in [0.5, 0.6) is 0 Å². The zero-order valence-corrected chi connectivity index (χ0v) is 25.5. The first-order valence-corrected chi connectivity index (χ1v) is 16.4. The van der Waals surface area contributed by atoms with Crippen molar-refractivity contribution in [1.82, 2.24) is 20.1 Å². The fourth-order valence-corrected chi connectivity index (χ4v) is 7.74. The molecule has 1 aromatic heterocycles. The maximum atomic E-state index is 14.3. The SMILES string of the molecule is C[C@H](NC(=O)c1c(CN2CCC(N3CCCC(C(=O)O)C3)CC2)c(-c2ccccc2)nc2ccccc12)C1CCCCC1. The molecule has 0 bridgehead atoms. The lowest BCUT2D eigenvalue weighted by Gasteiger charge is -2.41. The van der Waals surface area contributed by atoms with Crippen LogP contribution in [0.25, 0.3) is 22.2 Å². The number of aromatic nitrogens is 1. The van der Waals surface area contributed by atoms with Gasteiger partial charge in [0.2, 0.25) is 0 Å². The normalized spacial score (nSPS) is 21.9. The molecule has 7 heteroatoms. The van der Waals surface area contributed by atoms with Gasteiger partial charge in [-0.05, 0) is 77.1 Å². The summed E-state index contributed by atoms with van der Waals surface area (Å²) in [6.07, 6.45) is 9.91. The van der Waals surface area contributed by atoms with E-state index in [9.17, 15) is 14.7 Å². The summed E-state index contributed by atoms with van der Waals surface area (Å²) in [6, 6.07) is 18.9. The van der Waals surface area contributed by atoms with Crippen LogP contribution in [0.1, 0.15) is 80.6 Å². The van der Waals surface area contributed by atoms with Crippen molar-refractivity contribution >= 4 is 22.8 Å². The summed E-state index contributed by atoms with van der Waals surface area (Å²) >= 11 is 0. The summed E-state index contributed by atoms with van der Waals surface area (Å²) in [6.45, 7) is 6.32. The zero-order chi connectivity index (χ0) is 29.8. The summed E-state index contributed by atoms with van der Waals surface area (Å²) in [4.78, 5) is 36.0. The molecule has 6 rings (SSSR count). The van der Waals surface area contributed by atoms with Gasteiger partial charge in [0.25, 0.3) is 5.91 Å².